The van der Waals surface area contributed by atoms with Crippen LogP contribution in [-0.2, 0) is 11.3 Å². The van der Waals surface area contributed by atoms with E-state index in [0.29, 0.717) is 17.9 Å². The highest BCUT2D eigenvalue weighted by Crippen LogP contribution is 2.19. The monoisotopic (exact) mass is 385 g/mol. The van der Waals surface area contributed by atoms with E-state index in [1.165, 1.54) is 0 Å². The molecule has 0 radical (unpaired) electrons. The van der Waals surface area contributed by atoms with Gasteiger partial charge in [-0.15, -0.1) is 0 Å². The second-order valence-corrected chi connectivity index (χ2v) is 7.05. The predicted molar refractivity (Wildman–Crippen MR) is 105 cm³/mol. The van der Waals surface area contributed by atoms with E-state index in [0.717, 1.165) is 31.7 Å². The number of benzene rings is 1. The van der Waals surface area contributed by atoms with E-state index >= 15 is 0 Å². The summed E-state index contributed by atoms with van der Waals surface area (Å²) in [5.74, 6) is 0.937. The summed E-state index contributed by atoms with van der Waals surface area (Å²) in [6, 6.07) is 10.7. The van der Waals surface area contributed by atoms with E-state index in [1.807, 2.05) is 17.0 Å². The number of hydrogen-bond donors (Lipinski definition) is 1. The number of nitrogens with one attached hydrogen (secondary N) is 1. The molecule has 1 aromatic carbocycles. The Labute approximate surface area is 165 Å². The number of nitrogens with zero attached hydrogens (tertiary/aromatic N) is 2. The number of methoxy groups -OCH3 is 1. The van der Waals surface area contributed by atoms with Gasteiger partial charge in [0.1, 0.15) is 11.5 Å². The average molecular weight is 385 g/mol. The highest BCUT2D eigenvalue weighted by molar-refractivity contribution is 5.96. The summed E-state index contributed by atoms with van der Waals surface area (Å²) < 4.78 is 10.6. The molecule has 1 aliphatic rings. The van der Waals surface area contributed by atoms with Crippen molar-refractivity contribution < 1.29 is 18.7 Å². The second kappa shape index (κ2) is 9.41. The van der Waals surface area contributed by atoms with E-state index in [-0.39, 0.29) is 24.4 Å². The van der Waals surface area contributed by atoms with Crippen LogP contribution in [0.2, 0.25) is 0 Å². The van der Waals surface area contributed by atoms with Crippen LogP contribution in [0.15, 0.2) is 47.1 Å². The molecule has 1 N–H and O–H groups in total. The van der Waals surface area contributed by atoms with Gasteiger partial charge < -0.3 is 24.3 Å². The van der Waals surface area contributed by atoms with E-state index < -0.39 is 0 Å². The van der Waals surface area contributed by atoms with Gasteiger partial charge in [0.05, 0.1) is 26.5 Å². The molecule has 7 nitrogen and oxygen atoms in total. The summed E-state index contributed by atoms with van der Waals surface area (Å²) in [6.07, 6.45) is 3.43. The van der Waals surface area contributed by atoms with Crippen molar-refractivity contribution in [3.63, 3.8) is 0 Å². The van der Waals surface area contributed by atoms with Crippen LogP contribution in [0, 0.1) is 0 Å². The second-order valence-electron chi connectivity index (χ2n) is 7.05. The smallest absolute Gasteiger partial charge is 0.251 e. The molecule has 0 atom stereocenters. The molecule has 150 valence electrons. The molecule has 2 aromatic rings. The molecule has 0 saturated carbocycles. The van der Waals surface area contributed by atoms with Gasteiger partial charge in [0.2, 0.25) is 5.91 Å². The fourth-order valence-electron chi connectivity index (χ4n) is 3.42. The Kier molecular flexibility index (Phi) is 6.71. The SMILES string of the molecule is COc1cccc(C(=O)NCC(=O)N(Cc2ccco2)C2CCN(C)CC2)c1. The topological polar surface area (TPSA) is 75.0 Å². The lowest BCUT2D eigenvalue weighted by atomic mass is 10.0. The van der Waals surface area contributed by atoms with E-state index in [9.17, 15) is 9.59 Å². The van der Waals surface area contributed by atoms with Crippen LogP contribution < -0.4 is 10.1 Å². The number of furan rings is 1. The van der Waals surface area contributed by atoms with Gasteiger partial charge >= 0.3 is 0 Å². The van der Waals surface area contributed by atoms with Gasteiger partial charge in [-0.1, -0.05) is 6.07 Å². The van der Waals surface area contributed by atoms with Crippen molar-refractivity contribution in [2.45, 2.75) is 25.4 Å². The van der Waals surface area contributed by atoms with E-state index in [4.69, 9.17) is 9.15 Å². The van der Waals surface area contributed by atoms with Crippen molar-refractivity contribution >= 4 is 11.8 Å². The first-order chi connectivity index (χ1) is 13.6. The Morgan fingerprint density at radius 2 is 2.04 bits per heavy atom. The van der Waals surface area contributed by atoms with Crippen LogP contribution in [0.3, 0.4) is 0 Å². The molecule has 1 aromatic heterocycles. The standard InChI is InChI=1S/C21H27N3O4/c1-23-10-8-17(9-11-23)24(15-19-7-4-12-28-19)20(25)14-22-21(26)16-5-3-6-18(13-16)27-2/h3-7,12-13,17H,8-11,14-15H2,1-2H3,(H,22,26). The number of amides is 2. The molecule has 2 heterocycles. The number of carbonyl (C=O) groups excluding carboxylic acids is 2. The third-order valence-corrected chi connectivity index (χ3v) is 5.09. The molecule has 0 aliphatic carbocycles. The van der Waals surface area contributed by atoms with Crippen LogP contribution in [0.5, 0.6) is 5.75 Å². The van der Waals surface area contributed by atoms with Crippen molar-refractivity contribution in [2.24, 2.45) is 0 Å². The number of piperidine rings is 1. The molecular formula is C21H27N3O4. The third kappa shape index (κ3) is 5.13. The number of likely N-dealkylation sites (tertiary alicyclic amines) is 1. The molecule has 1 fully saturated rings. The summed E-state index contributed by atoms with van der Waals surface area (Å²) in [6.45, 7) is 2.25. The summed E-state index contributed by atoms with van der Waals surface area (Å²) in [5, 5.41) is 2.73. The molecule has 0 bridgehead atoms. The first kappa shape index (κ1) is 19.9. The van der Waals surface area contributed by atoms with Crippen molar-refractivity contribution in [1.82, 2.24) is 15.1 Å². The summed E-state index contributed by atoms with van der Waals surface area (Å²) in [5.41, 5.74) is 0.462. The Bertz CT molecular complexity index is 783. The van der Waals surface area contributed by atoms with Crippen molar-refractivity contribution in [2.75, 3.05) is 33.8 Å². The maximum absolute atomic E-state index is 12.9. The fraction of sp³-hybridized carbons (Fsp3) is 0.429. The van der Waals surface area contributed by atoms with Crippen LogP contribution >= 0.6 is 0 Å². The fourth-order valence-corrected chi connectivity index (χ4v) is 3.42. The van der Waals surface area contributed by atoms with Gasteiger partial charge in [0.15, 0.2) is 0 Å². The summed E-state index contributed by atoms with van der Waals surface area (Å²) in [7, 11) is 3.64. The third-order valence-electron chi connectivity index (χ3n) is 5.09. The summed E-state index contributed by atoms with van der Waals surface area (Å²) in [4.78, 5) is 29.4. The van der Waals surface area contributed by atoms with Crippen LogP contribution in [-0.4, -0.2) is 61.4 Å². The van der Waals surface area contributed by atoms with Gasteiger partial charge in [-0.3, -0.25) is 9.59 Å². The maximum atomic E-state index is 12.9. The van der Waals surface area contributed by atoms with Crippen molar-refractivity contribution in [1.29, 1.82) is 0 Å². The predicted octanol–water partition coefficient (Wildman–Crippen LogP) is 2.14. The molecule has 0 spiro atoms. The zero-order valence-electron chi connectivity index (χ0n) is 16.4. The molecular weight excluding hydrogens is 358 g/mol. The first-order valence-electron chi connectivity index (χ1n) is 9.49. The number of ether oxygens (including phenoxy) is 1. The van der Waals surface area contributed by atoms with Gasteiger partial charge in [0, 0.05) is 11.6 Å². The maximum Gasteiger partial charge on any atom is 0.251 e. The normalized spacial score (nSPS) is 15.2. The highest BCUT2D eigenvalue weighted by atomic mass is 16.5. The van der Waals surface area contributed by atoms with Gasteiger partial charge in [-0.05, 0) is 63.3 Å². The molecule has 2 amide bonds. The Hall–Kier alpha value is -2.80. The van der Waals surface area contributed by atoms with E-state index in [2.05, 4.69) is 17.3 Å². The Morgan fingerprint density at radius 1 is 1.25 bits per heavy atom. The van der Waals surface area contributed by atoms with Crippen LogP contribution in [0.4, 0.5) is 0 Å². The molecule has 1 aliphatic heterocycles. The number of hydrogen-bond acceptors (Lipinski definition) is 5. The van der Waals surface area contributed by atoms with Gasteiger partial charge in [-0.25, -0.2) is 0 Å². The molecule has 1 saturated heterocycles. The number of carbonyl (C=O) groups is 2. The molecule has 0 unspecified atom stereocenters. The quantitative estimate of drug-likeness (QED) is 0.790. The van der Waals surface area contributed by atoms with Crippen molar-refractivity contribution in [3.05, 3.63) is 54.0 Å². The number of rotatable bonds is 7. The lowest BCUT2D eigenvalue weighted by Gasteiger charge is -2.37. The zero-order valence-corrected chi connectivity index (χ0v) is 16.4. The highest BCUT2D eigenvalue weighted by Gasteiger charge is 2.28. The average Bonchev–Trinajstić information content (AvgIpc) is 3.24. The minimum absolute atomic E-state index is 0.0525. The zero-order chi connectivity index (χ0) is 19.9. The van der Waals surface area contributed by atoms with Crippen LogP contribution in [0.25, 0.3) is 0 Å². The molecule has 7 heteroatoms. The largest absolute Gasteiger partial charge is 0.497 e. The lowest BCUT2D eigenvalue weighted by molar-refractivity contribution is -0.134. The van der Waals surface area contributed by atoms with Crippen LogP contribution in [0.1, 0.15) is 29.0 Å². The lowest BCUT2D eigenvalue weighted by Crippen LogP contribution is -2.49. The van der Waals surface area contributed by atoms with Gasteiger partial charge in [-0.2, -0.15) is 0 Å². The molecule has 3 rings (SSSR count). The van der Waals surface area contributed by atoms with E-state index in [1.54, 1.807) is 37.6 Å². The summed E-state index contributed by atoms with van der Waals surface area (Å²) >= 11 is 0. The molecule has 28 heavy (non-hydrogen) atoms. The van der Waals surface area contributed by atoms with Crippen molar-refractivity contribution in [3.8, 4) is 5.75 Å². The minimum atomic E-state index is -0.298. The minimum Gasteiger partial charge on any atom is -0.497 e. The van der Waals surface area contributed by atoms with Gasteiger partial charge in [0.25, 0.3) is 5.91 Å². The first-order valence-corrected chi connectivity index (χ1v) is 9.49. The Morgan fingerprint density at radius 3 is 2.71 bits per heavy atom. The Balaban J connectivity index is 1.64.